The van der Waals surface area contributed by atoms with Crippen molar-refractivity contribution < 1.29 is 14.3 Å². The number of methoxy groups -OCH3 is 1. The summed E-state index contributed by atoms with van der Waals surface area (Å²) >= 11 is 1.07. The van der Waals surface area contributed by atoms with E-state index in [1.807, 2.05) is 6.92 Å². The van der Waals surface area contributed by atoms with Crippen molar-refractivity contribution >= 4 is 33.8 Å². The van der Waals surface area contributed by atoms with Crippen LogP contribution < -0.4 is 22.1 Å². The van der Waals surface area contributed by atoms with Crippen LogP contribution in [0.1, 0.15) is 27.0 Å². The highest BCUT2D eigenvalue weighted by atomic mass is 32.1. The Morgan fingerprint density at radius 1 is 1.47 bits per heavy atom. The Hall–Kier alpha value is -1.80. The summed E-state index contributed by atoms with van der Waals surface area (Å²) in [5, 5.41) is 6.08. The van der Waals surface area contributed by atoms with Gasteiger partial charge < -0.3 is 26.8 Å². The normalized spacial score (nSPS) is 11.9. The van der Waals surface area contributed by atoms with Gasteiger partial charge in [-0.15, -0.1) is 11.3 Å². The van der Waals surface area contributed by atoms with E-state index in [1.54, 1.807) is 7.11 Å². The van der Waals surface area contributed by atoms with E-state index in [4.69, 9.17) is 16.2 Å². The summed E-state index contributed by atoms with van der Waals surface area (Å²) in [6, 6.07) is -0.0350. The molecule has 106 valence electrons. The minimum absolute atomic E-state index is 0.0350. The second kappa shape index (κ2) is 6.39. The number of ether oxygens (including phenoxy) is 1. The van der Waals surface area contributed by atoms with E-state index < -0.39 is 5.91 Å². The topological polar surface area (TPSA) is 119 Å². The van der Waals surface area contributed by atoms with Crippen molar-refractivity contribution in [3.05, 3.63) is 10.4 Å². The molecule has 6 N–H and O–H groups in total. The molecule has 1 heterocycles. The fourth-order valence-corrected chi connectivity index (χ4v) is 2.68. The Morgan fingerprint density at radius 2 is 2.11 bits per heavy atom. The van der Waals surface area contributed by atoms with Crippen molar-refractivity contribution in [1.29, 1.82) is 0 Å². The third-order valence-corrected chi connectivity index (χ3v) is 3.57. The first kappa shape index (κ1) is 15.3. The zero-order valence-corrected chi connectivity index (χ0v) is 11.9. The lowest BCUT2D eigenvalue weighted by Gasteiger charge is -2.13. The molecule has 0 radical (unpaired) electrons. The molecule has 1 aromatic heterocycles. The number of carbonyl (C=O) groups excluding carboxylic acids is 2. The number of hydrogen-bond acceptors (Lipinski definition) is 6. The van der Waals surface area contributed by atoms with Crippen LogP contribution in [0, 0.1) is 0 Å². The van der Waals surface area contributed by atoms with E-state index in [9.17, 15) is 9.59 Å². The lowest BCUT2D eigenvalue weighted by Crippen LogP contribution is -2.24. The van der Waals surface area contributed by atoms with Gasteiger partial charge in [0, 0.05) is 20.2 Å². The zero-order valence-electron chi connectivity index (χ0n) is 11.1. The molecule has 0 saturated heterocycles. The minimum atomic E-state index is -0.653. The molecule has 0 aliphatic rings. The molecule has 2 amide bonds. The number of nitrogens with one attached hydrogen (secondary N) is 2. The van der Waals surface area contributed by atoms with E-state index in [-0.39, 0.29) is 28.1 Å². The van der Waals surface area contributed by atoms with Crippen molar-refractivity contribution in [2.75, 3.05) is 31.8 Å². The summed E-state index contributed by atoms with van der Waals surface area (Å²) < 4.78 is 5.01. The molecule has 7 nitrogen and oxygen atoms in total. The number of primary amides is 1. The number of nitrogen functional groups attached to an aromatic ring is 1. The Labute approximate surface area is 115 Å². The number of rotatable bonds is 6. The van der Waals surface area contributed by atoms with Gasteiger partial charge in [0.15, 0.2) is 0 Å². The number of nitrogens with two attached hydrogens (primary N) is 2. The Kier molecular flexibility index (Phi) is 5.13. The van der Waals surface area contributed by atoms with Gasteiger partial charge in [-0.25, -0.2) is 0 Å². The van der Waals surface area contributed by atoms with E-state index in [2.05, 4.69) is 10.6 Å². The molecule has 0 aliphatic heterocycles. The third-order valence-electron chi connectivity index (χ3n) is 2.42. The molecular formula is C11H18N4O3S. The molecule has 1 aromatic rings. The molecule has 1 rings (SSSR count). The number of amides is 2. The Balaban J connectivity index is 3.17. The first-order valence-corrected chi connectivity index (χ1v) is 6.43. The van der Waals surface area contributed by atoms with Gasteiger partial charge in [0.1, 0.15) is 9.88 Å². The maximum absolute atomic E-state index is 11.8. The Morgan fingerprint density at radius 3 is 2.58 bits per heavy atom. The molecule has 19 heavy (non-hydrogen) atoms. The largest absolute Gasteiger partial charge is 0.397 e. The summed E-state index contributed by atoms with van der Waals surface area (Å²) in [7, 11) is 3.07. The predicted octanol–water partition coefficient (Wildman–Crippen LogP) is 0.236. The van der Waals surface area contributed by atoms with Gasteiger partial charge in [0.25, 0.3) is 11.8 Å². The molecule has 0 bridgehead atoms. The minimum Gasteiger partial charge on any atom is -0.397 e. The highest BCUT2D eigenvalue weighted by Gasteiger charge is 2.24. The van der Waals surface area contributed by atoms with Crippen LogP contribution in [0.25, 0.3) is 0 Å². The average molecular weight is 286 g/mol. The number of carbonyl (C=O) groups is 2. The van der Waals surface area contributed by atoms with Gasteiger partial charge in [-0.2, -0.15) is 0 Å². The molecule has 0 fully saturated rings. The quantitative estimate of drug-likeness (QED) is 0.597. The van der Waals surface area contributed by atoms with Crippen LogP contribution in [0.4, 0.5) is 10.7 Å². The highest BCUT2D eigenvalue weighted by Crippen LogP contribution is 2.35. The van der Waals surface area contributed by atoms with Crippen molar-refractivity contribution in [3.8, 4) is 0 Å². The van der Waals surface area contributed by atoms with Crippen LogP contribution in [0.5, 0.6) is 0 Å². The monoisotopic (exact) mass is 286 g/mol. The van der Waals surface area contributed by atoms with Crippen LogP contribution in [0.15, 0.2) is 0 Å². The van der Waals surface area contributed by atoms with Gasteiger partial charge >= 0.3 is 0 Å². The summed E-state index contributed by atoms with van der Waals surface area (Å²) in [4.78, 5) is 23.3. The van der Waals surface area contributed by atoms with Crippen molar-refractivity contribution in [2.24, 2.45) is 5.73 Å². The smallest absolute Gasteiger partial charge is 0.260 e. The number of thiophene rings is 1. The van der Waals surface area contributed by atoms with Crippen LogP contribution >= 0.6 is 11.3 Å². The molecule has 1 unspecified atom stereocenters. The van der Waals surface area contributed by atoms with Gasteiger partial charge in [-0.1, -0.05) is 0 Å². The van der Waals surface area contributed by atoms with Crippen LogP contribution in [0.2, 0.25) is 0 Å². The molecule has 8 heteroatoms. The Bertz CT molecular complexity index is 487. The predicted molar refractivity (Wildman–Crippen MR) is 75.6 cm³/mol. The summed E-state index contributed by atoms with van der Waals surface area (Å²) in [6.45, 7) is 2.34. The molecular weight excluding hydrogens is 268 g/mol. The zero-order chi connectivity index (χ0) is 14.6. The molecule has 0 spiro atoms. The summed E-state index contributed by atoms with van der Waals surface area (Å²) in [6.07, 6.45) is 0. The lowest BCUT2D eigenvalue weighted by molar-refractivity contribution is 0.0964. The van der Waals surface area contributed by atoms with E-state index in [1.165, 1.54) is 7.05 Å². The van der Waals surface area contributed by atoms with Gasteiger partial charge in [-0.05, 0) is 6.92 Å². The number of anilines is 2. The van der Waals surface area contributed by atoms with Crippen LogP contribution in [0.3, 0.4) is 0 Å². The number of hydrogen-bond donors (Lipinski definition) is 4. The fraction of sp³-hybridized carbons (Fsp3) is 0.455. The van der Waals surface area contributed by atoms with Gasteiger partial charge in [0.05, 0.1) is 17.9 Å². The second-order valence-corrected chi connectivity index (χ2v) is 5.01. The van der Waals surface area contributed by atoms with Gasteiger partial charge in [-0.3, -0.25) is 9.59 Å². The fourth-order valence-electron chi connectivity index (χ4n) is 1.59. The second-order valence-electron chi connectivity index (χ2n) is 3.99. The third kappa shape index (κ3) is 3.36. The molecule has 0 saturated carbocycles. The van der Waals surface area contributed by atoms with E-state index in [0.29, 0.717) is 11.6 Å². The van der Waals surface area contributed by atoms with Crippen molar-refractivity contribution in [2.45, 2.75) is 13.0 Å². The highest BCUT2D eigenvalue weighted by molar-refractivity contribution is 7.19. The SMILES string of the molecule is CNC(=O)c1c(NC(C)COC)sc(C(N)=O)c1N. The summed E-state index contributed by atoms with van der Waals surface area (Å²) in [5.74, 6) is -1.02. The average Bonchev–Trinajstić information content (AvgIpc) is 2.65. The van der Waals surface area contributed by atoms with Crippen LogP contribution in [-0.4, -0.2) is 38.6 Å². The maximum Gasteiger partial charge on any atom is 0.260 e. The first-order chi connectivity index (χ1) is 8.92. The lowest BCUT2D eigenvalue weighted by atomic mass is 10.2. The van der Waals surface area contributed by atoms with E-state index >= 15 is 0 Å². The summed E-state index contributed by atoms with van der Waals surface area (Å²) in [5.41, 5.74) is 11.4. The molecule has 0 aromatic carbocycles. The first-order valence-electron chi connectivity index (χ1n) is 5.62. The standard InChI is InChI=1S/C11H18N4O3S/c1-5(4-18-3)15-11-6(10(17)14-2)7(12)8(19-11)9(13)16/h5,15H,4,12H2,1-3H3,(H2,13,16)(H,14,17). The maximum atomic E-state index is 11.8. The molecule has 0 aliphatic carbocycles. The van der Waals surface area contributed by atoms with Crippen molar-refractivity contribution in [1.82, 2.24) is 5.32 Å². The van der Waals surface area contributed by atoms with Gasteiger partial charge in [0.2, 0.25) is 0 Å². The van der Waals surface area contributed by atoms with Crippen LogP contribution in [-0.2, 0) is 4.74 Å². The molecule has 1 atom stereocenters. The van der Waals surface area contributed by atoms with E-state index in [0.717, 1.165) is 11.3 Å². The van der Waals surface area contributed by atoms with Crippen molar-refractivity contribution in [3.63, 3.8) is 0 Å².